The topological polar surface area (TPSA) is 51.8 Å². The summed E-state index contributed by atoms with van der Waals surface area (Å²) in [5.41, 5.74) is 8.69. The van der Waals surface area contributed by atoms with E-state index < -0.39 is 11.6 Å². The van der Waals surface area contributed by atoms with Gasteiger partial charge in [-0.1, -0.05) is 0 Å². The smallest absolute Gasteiger partial charge is 0.173 e. The van der Waals surface area contributed by atoms with E-state index in [1.54, 1.807) is 0 Å². The molecule has 2 N–H and O–H groups in total. The predicted octanol–water partition coefficient (Wildman–Crippen LogP) is 3.69. The molecule has 0 aliphatic heterocycles. The van der Waals surface area contributed by atoms with Crippen LogP contribution in [0.1, 0.15) is 23.4 Å². The summed E-state index contributed by atoms with van der Waals surface area (Å²) in [4.78, 5) is 8.84. The third-order valence-corrected chi connectivity index (χ3v) is 4.10. The minimum atomic E-state index is -0.932. The molecule has 0 amide bonds. The van der Waals surface area contributed by atoms with Crippen molar-refractivity contribution in [3.8, 4) is 11.4 Å². The normalized spacial score (nSPS) is 11.0. The molecule has 2 rings (SSSR count). The maximum absolute atomic E-state index is 13.6. The fourth-order valence-electron chi connectivity index (χ4n) is 2.20. The van der Waals surface area contributed by atoms with E-state index in [0.717, 1.165) is 35.9 Å². The van der Waals surface area contributed by atoms with Gasteiger partial charge in [0.1, 0.15) is 0 Å². The van der Waals surface area contributed by atoms with Crippen LogP contribution < -0.4 is 5.73 Å². The van der Waals surface area contributed by atoms with E-state index in [1.807, 2.05) is 13.8 Å². The summed E-state index contributed by atoms with van der Waals surface area (Å²) in [7, 11) is 0. The molecule has 0 aliphatic carbocycles. The second-order valence-corrected chi connectivity index (χ2v) is 5.60. The highest BCUT2D eigenvalue weighted by molar-refractivity contribution is 9.10. The van der Waals surface area contributed by atoms with Gasteiger partial charge in [-0.05, 0) is 66.9 Å². The van der Waals surface area contributed by atoms with Crippen molar-refractivity contribution < 1.29 is 8.78 Å². The number of hydrogen-bond donors (Lipinski definition) is 1. The SMILES string of the molecule is Cc1nc(-c2ccc(F)c(F)c2Br)nc(C)c1CCCN. The number of aromatic nitrogens is 2. The van der Waals surface area contributed by atoms with Crippen LogP contribution in [-0.4, -0.2) is 16.5 Å². The molecule has 1 heterocycles. The number of aryl methyl sites for hydroxylation is 2. The molecule has 112 valence electrons. The molecule has 0 bridgehead atoms. The first kappa shape index (κ1) is 16.0. The van der Waals surface area contributed by atoms with Crippen molar-refractivity contribution in [1.29, 1.82) is 0 Å². The fraction of sp³-hybridized carbons (Fsp3) is 0.333. The minimum absolute atomic E-state index is 0.0380. The van der Waals surface area contributed by atoms with Crippen LogP contribution in [0.4, 0.5) is 8.78 Å². The molecule has 21 heavy (non-hydrogen) atoms. The number of nitrogens with zero attached hydrogens (tertiary/aromatic N) is 2. The zero-order chi connectivity index (χ0) is 15.6. The molecular weight excluding hydrogens is 340 g/mol. The van der Waals surface area contributed by atoms with Crippen LogP contribution in [-0.2, 0) is 6.42 Å². The lowest BCUT2D eigenvalue weighted by Gasteiger charge is -2.12. The number of nitrogens with two attached hydrogens (primary N) is 1. The maximum Gasteiger partial charge on any atom is 0.173 e. The number of hydrogen-bond acceptors (Lipinski definition) is 3. The standard InChI is InChI=1S/C15H16BrF2N3/c1-8-10(4-3-7-19)9(2)21-15(20-8)11-5-6-12(17)14(18)13(11)16/h5-6H,3-4,7,19H2,1-2H3. The van der Waals surface area contributed by atoms with Gasteiger partial charge in [-0.3, -0.25) is 0 Å². The van der Waals surface area contributed by atoms with E-state index in [1.165, 1.54) is 6.07 Å². The summed E-state index contributed by atoms with van der Waals surface area (Å²) < 4.78 is 26.9. The highest BCUT2D eigenvalue weighted by Gasteiger charge is 2.16. The van der Waals surface area contributed by atoms with E-state index in [2.05, 4.69) is 25.9 Å². The van der Waals surface area contributed by atoms with Crippen molar-refractivity contribution >= 4 is 15.9 Å². The summed E-state index contributed by atoms with van der Waals surface area (Å²) in [5, 5.41) is 0. The molecule has 1 aromatic heterocycles. The van der Waals surface area contributed by atoms with Crippen LogP contribution in [0.3, 0.4) is 0 Å². The number of benzene rings is 1. The van der Waals surface area contributed by atoms with E-state index in [9.17, 15) is 8.78 Å². The summed E-state index contributed by atoms with van der Waals surface area (Å²) in [6, 6.07) is 2.54. The van der Waals surface area contributed by atoms with Gasteiger partial charge in [-0.15, -0.1) is 0 Å². The quantitative estimate of drug-likeness (QED) is 0.850. The Hall–Kier alpha value is -1.40. The molecule has 3 nitrogen and oxygen atoms in total. The Morgan fingerprint density at radius 3 is 2.33 bits per heavy atom. The van der Waals surface area contributed by atoms with Crippen molar-refractivity contribution in [3.63, 3.8) is 0 Å². The molecule has 0 spiro atoms. The largest absolute Gasteiger partial charge is 0.330 e. The van der Waals surface area contributed by atoms with Crippen molar-refractivity contribution in [2.24, 2.45) is 5.73 Å². The third-order valence-electron chi connectivity index (χ3n) is 3.33. The Balaban J connectivity index is 2.49. The predicted molar refractivity (Wildman–Crippen MR) is 81.9 cm³/mol. The summed E-state index contributed by atoms with van der Waals surface area (Å²) in [6.45, 7) is 4.38. The molecule has 0 atom stereocenters. The van der Waals surface area contributed by atoms with Gasteiger partial charge in [0.25, 0.3) is 0 Å². The Bertz CT molecular complexity index is 651. The van der Waals surface area contributed by atoms with Crippen LogP contribution in [0.5, 0.6) is 0 Å². The molecule has 0 unspecified atom stereocenters. The monoisotopic (exact) mass is 355 g/mol. The van der Waals surface area contributed by atoms with E-state index >= 15 is 0 Å². The Morgan fingerprint density at radius 2 is 1.76 bits per heavy atom. The first-order valence-electron chi connectivity index (χ1n) is 6.63. The van der Waals surface area contributed by atoms with Gasteiger partial charge in [-0.2, -0.15) is 0 Å². The molecule has 1 aromatic carbocycles. The van der Waals surface area contributed by atoms with Crippen molar-refractivity contribution in [1.82, 2.24) is 9.97 Å². The van der Waals surface area contributed by atoms with Crippen LogP contribution in [0.25, 0.3) is 11.4 Å². The van der Waals surface area contributed by atoms with Gasteiger partial charge in [0, 0.05) is 17.0 Å². The first-order valence-corrected chi connectivity index (χ1v) is 7.43. The van der Waals surface area contributed by atoms with Crippen molar-refractivity contribution in [2.75, 3.05) is 6.54 Å². The maximum atomic E-state index is 13.6. The van der Waals surface area contributed by atoms with Crippen LogP contribution in [0.2, 0.25) is 0 Å². The molecule has 0 aliphatic rings. The van der Waals surface area contributed by atoms with Gasteiger partial charge in [-0.25, -0.2) is 18.7 Å². The second kappa shape index (κ2) is 6.58. The zero-order valence-corrected chi connectivity index (χ0v) is 13.5. The summed E-state index contributed by atoms with van der Waals surface area (Å²) in [6.07, 6.45) is 1.67. The zero-order valence-electron chi connectivity index (χ0n) is 11.9. The van der Waals surface area contributed by atoms with Gasteiger partial charge in [0.2, 0.25) is 0 Å². The third kappa shape index (κ3) is 3.27. The van der Waals surface area contributed by atoms with E-state index in [-0.39, 0.29) is 4.47 Å². The molecular formula is C15H16BrF2N3. The average Bonchev–Trinajstić information content (AvgIpc) is 2.44. The van der Waals surface area contributed by atoms with Crippen molar-refractivity contribution in [3.05, 3.63) is 45.2 Å². The van der Waals surface area contributed by atoms with Crippen LogP contribution >= 0.6 is 15.9 Å². The lowest BCUT2D eigenvalue weighted by molar-refractivity contribution is 0.504. The Kier molecular flexibility index (Phi) is 5.00. The molecule has 6 heteroatoms. The number of rotatable bonds is 4. The Labute approximate surface area is 130 Å². The van der Waals surface area contributed by atoms with Crippen LogP contribution in [0, 0.1) is 25.5 Å². The molecule has 0 saturated heterocycles. The first-order chi connectivity index (χ1) is 9.95. The van der Waals surface area contributed by atoms with Gasteiger partial charge >= 0.3 is 0 Å². The summed E-state index contributed by atoms with van der Waals surface area (Å²) >= 11 is 3.07. The van der Waals surface area contributed by atoms with Crippen molar-refractivity contribution in [2.45, 2.75) is 26.7 Å². The molecule has 0 saturated carbocycles. The van der Waals surface area contributed by atoms with Gasteiger partial charge in [0.15, 0.2) is 17.5 Å². The van der Waals surface area contributed by atoms with Gasteiger partial charge < -0.3 is 5.73 Å². The molecule has 0 radical (unpaired) electrons. The average molecular weight is 356 g/mol. The highest BCUT2D eigenvalue weighted by Crippen LogP contribution is 2.30. The second-order valence-electron chi connectivity index (χ2n) is 4.81. The minimum Gasteiger partial charge on any atom is -0.330 e. The molecule has 0 fully saturated rings. The lowest BCUT2D eigenvalue weighted by atomic mass is 10.1. The van der Waals surface area contributed by atoms with E-state index in [4.69, 9.17) is 5.73 Å². The van der Waals surface area contributed by atoms with Gasteiger partial charge in [0.05, 0.1) is 4.47 Å². The number of halogens is 3. The van der Waals surface area contributed by atoms with Crippen LogP contribution in [0.15, 0.2) is 16.6 Å². The summed E-state index contributed by atoms with van der Waals surface area (Å²) in [5.74, 6) is -1.45. The highest BCUT2D eigenvalue weighted by atomic mass is 79.9. The molecule has 2 aromatic rings. The van der Waals surface area contributed by atoms with E-state index in [0.29, 0.717) is 17.9 Å². The lowest BCUT2D eigenvalue weighted by Crippen LogP contribution is -2.07. The Morgan fingerprint density at radius 1 is 1.14 bits per heavy atom. The fourth-order valence-corrected chi connectivity index (χ4v) is 2.70.